The van der Waals surface area contributed by atoms with Gasteiger partial charge in [0.15, 0.2) is 5.69 Å². The van der Waals surface area contributed by atoms with Crippen molar-refractivity contribution < 1.29 is 13.2 Å². The minimum Gasteiger partial charge on any atom is -0.364 e. The second kappa shape index (κ2) is 7.50. The fourth-order valence-electron chi connectivity index (χ4n) is 3.08. The van der Waals surface area contributed by atoms with E-state index < -0.39 is 15.9 Å². The molecule has 8 heteroatoms. The van der Waals surface area contributed by atoms with Gasteiger partial charge in [0.2, 0.25) is 10.0 Å². The highest BCUT2D eigenvalue weighted by molar-refractivity contribution is 7.89. The zero-order valence-electron chi connectivity index (χ0n) is 15.3. The van der Waals surface area contributed by atoms with Crippen LogP contribution in [0.4, 0.5) is 0 Å². The fourth-order valence-corrected chi connectivity index (χ4v) is 4.54. The lowest BCUT2D eigenvalue weighted by Gasteiger charge is -2.18. The van der Waals surface area contributed by atoms with E-state index in [4.69, 9.17) is 5.73 Å². The summed E-state index contributed by atoms with van der Waals surface area (Å²) in [7, 11) is -3.48. The molecule has 1 amide bonds. The van der Waals surface area contributed by atoms with Crippen molar-refractivity contribution in [2.45, 2.75) is 25.3 Å². The third-order valence-electron chi connectivity index (χ3n) is 4.49. The number of para-hydroxylation sites is 1. The van der Waals surface area contributed by atoms with Gasteiger partial charge in [-0.3, -0.25) is 9.48 Å². The van der Waals surface area contributed by atoms with Crippen LogP contribution in [0, 0.1) is 0 Å². The van der Waals surface area contributed by atoms with Crippen LogP contribution < -0.4 is 5.73 Å². The first-order valence-electron chi connectivity index (χ1n) is 8.73. The van der Waals surface area contributed by atoms with E-state index in [1.165, 1.54) is 4.31 Å². The monoisotopic (exact) mass is 386 g/mol. The molecule has 7 nitrogen and oxygen atoms in total. The normalized spacial score (nSPS) is 12.0. The van der Waals surface area contributed by atoms with E-state index in [0.29, 0.717) is 25.0 Å². The first-order chi connectivity index (χ1) is 12.9. The Morgan fingerprint density at radius 2 is 1.70 bits per heavy atom. The van der Waals surface area contributed by atoms with Crippen molar-refractivity contribution >= 4 is 26.8 Å². The van der Waals surface area contributed by atoms with E-state index in [-0.39, 0.29) is 10.6 Å². The molecule has 0 saturated heterocycles. The Hall–Kier alpha value is -2.71. The summed E-state index contributed by atoms with van der Waals surface area (Å²) in [6.45, 7) is 4.88. The van der Waals surface area contributed by atoms with Crippen LogP contribution in [-0.4, -0.2) is 41.5 Å². The van der Waals surface area contributed by atoms with Gasteiger partial charge in [-0.05, 0) is 23.8 Å². The number of amides is 1. The van der Waals surface area contributed by atoms with E-state index in [1.54, 1.807) is 35.0 Å². The molecule has 0 unspecified atom stereocenters. The summed E-state index contributed by atoms with van der Waals surface area (Å²) < 4.78 is 28.3. The molecule has 0 saturated carbocycles. The SMILES string of the molecule is CCN(CC)S(=O)(=O)c1ccc(Cn2nc(C(N)=O)c3ccccc32)cc1. The van der Waals surface area contributed by atoms with Crippen molar-refractivity contribution in [1.29, 1.82) is 0 Å². The number of carbonyl (C=O) groups is 1. The lowest BCUT2D eigenvalue weighted by molar-refractivity contribution is 0.0996. The van der Waals surface area contributed by atoms with Crippen LogP contribution in [0.25, 0.3) is 10.9 Å². The third-order valence-corrected chi connectivity index (χ3v) is 6.55. The van der Waals surface area contributed by atoms with Gasteiger partial charge < -0.3 is 5.73 Å². The van der Waals surface area contributed by atoms with Crippen molar-refractivity contribution in [3.63, 3.8) is 0 Å². The maximum Gasteiger partial charge on any atom is 0.269 e. The van der Waals surface area contributed by atoms with E-state index in [2.05, 4.69) is 5.10 Å². The predicted octanol–water partition coefficient (Wildman–Crippen LogP) is 2.21. The summed E-state index contributed by atoms with van der Waals surface area (Å²) in [6.07, 6.45) is 0. The highest BCUT2D eigenvalue weighted by Gasteiger charge is 2.21. The van der Waals surface area contributed by atoms with Crippen LogP contribution in [0.3, 0.4) is 0 Å². The molecule has 0 aliphatic heterocycles. The first kappa shape index (κ1) is 19.1. The van der Waals surface area contributed by atoms with Crippen LogP contribution in [0.15, 0.2) is 53.4 Å². The standard InChI is InChI=1S/C19H22N4O3S/c1-3-22(4-2)27(25,26)15-11-9-14(10-12-15)13-23-17-8-6-5-7-16(17)18(21-23)19(20)24/h5-12H,3-4,13H2,1-2H3,(H2,20,24). The fraction of sp³-hybridized carbons (Fsp3) is 0.263. The van der Waals surface area contributed by atoms with Crippen molar-refractivity contribution in [1.82, 2.24) is 14.1 Å². The third kappa shape index (κ3) is 3.58. The zero-order chi connectivity index (χ0) is 19.6. The van der Waals surface area contributed by atoms with Gasteiger partial charge in [-0.1, -0.05) is 44.2 Å². The smallest absolute Gasteiger partial charge is 0.269 e. The van der Waals surface area contributed by atoms with Crippen LogP contribution in [0.1, 0.15) is 29.9 Å². The van der Waals surface area contributed by atoms with Crippen LogP contribution in [0.5, 0.6) is 0 Å². The number of hydrogen-bond acceptors (Lipinski definition) is 4. The van der Waals surface area contributed by atoms with Gasteiger partial charge in [0.1, 0.15) is 0 Å². The van der Waals surface area contributed by atoms with Crippen LogP contribution in [-0.2, 0) is 16.6 Å². The highest BCUT2D eigenvalue weighted by Crippen LogP contribution is 2.21. The van der Waals surface area contributed by atoms with Gasteiger partial charge in [0.05, 0.1) is 17.0 Å². The first-order valence-corrected chi connectivity index (χ1v) is 10.2. The van der Waals surface area contributed by atoms with Gasteiger partial charge in [0, 0.05) is 18.5 Å². The predicted molar refractivity (Wildman–Crippen MR) is 104 cm³/mol. The molecule has 2 aromatic carbocycles. The highest BCUT2D eigenvalue weighted by atomic mass is 32.2. The topological polar surface area (TPSA) is 98.3 Å². The minimum absolute atomic E-state index is 0.228. The zero-order valence-corrected chi connectivity index (χ0v) is 16.1. The molecule has 3 aromatic rings. The Labute approximate surface area is 158 Å². The van der Waals surface area contributed by atoms with Gasteiger partial charge in [0.25, 0.3) is 5.91 Å². The maximum atomic E-state index is 12.6. The molecule has 0 aliphatic carbocycles. The van der Waals surface area contributed by atoms with Crippen molar-refractivity contribution in [3.05, 3.63) is 59.8 Å². The summed E-state index contributed by atoms with van der Waals surface area (Å²) in [6, 6.07) is 14.1. The summed E-state index contributed by atoms with van der Waals surface area (Å²) in [5, 5.41) is 5.03. The maximum absolute atomic E-state index is 12.6. The Balaban J connectivity index is 1.92. The molecular weight excluding hydrogens is 364 g/mol. The van der Waals surface area contributed by atoms with E-state index in [1.807, 2.05) is 32.0 Å². The number of sulfonamides is 1. The Bertz CT molecular complexity index is 1070. The van der Waals surface area contributed by atoms with Gasteiger partial charge in [-0.25, -0.2) is 8.42 Å². The van der Waals surface area contributed by atoms with Gasteiger partial charge in [-0.2, -0.15) is 9.40 Å². The minimum atomic E-state index is -3.48. The summed E-state index contributed by atoms with van der Waals surface area (Å²) >= 11 is 0. The molecule has 0 atom stereocenters. The van der Waals surface area contributed by atoms with Crippen molar-refractivity contribution in [2.75, 3.05) is 13.1 Å². The second-order valence-electron chi connectivity index (χ2n) is 6.12. The Morgan fingerprint density at radius 1 is 1.07 bits per heavy atom. The molecule has 3 rings (SSSR count). The van der Waals surface area contributed by atoms with E-state index >= 15 is 0 Å². The molecular formula is C19H22N4O3S. The average Bonchev–Trinajstić information content (AvgIpc) is 3.02. The largest absolute Gasteiger partial charge is 0.364 e. The number of primary amides is 1. The molecule has 0 bridgehead atoms. The molecule has 0 aliphatic rings. The van der Waals surface area contributed by atoms with E-state index in [0.717, 1.165) is 11.1 Å². The summed E-state index contributed by atoms with van der Waals surface area (Å²) in [5.41, 5.74) is 7.32. The van der Waals surface area contributed by atoms with Gasteiger partial charge >= 0.3 is 0 Å². The molecule has 1 heterocycles. The van der Waals surface area contributed by atoms with Crippen molar-refractivity contribution in [2.24, 2.45) is 5.73 Å². The summed E-state index contributed by atoms with van der Waals surface area (Å²) in [5.74, 6) is -0.578. The van der Waals surface area contributed by atoms with E-state index in [9.17, 15) is 13.2 Å². The number of fused-ring (bicyclic) bond motifs is 1. The van der Waals surface area contributed by atoms with Gasteiger partial charge in [-0.15, -0.1) is 0 Å². The molecule has 27 heavy (non-hydrogen) atoms. The Kier molecular flexibility index (Phi) is 5.29. The number of carbonyl (C=O) groups excluding carboxylic acids is 1. The number of rotatable bonds is 7. The second-order valence-corrected chi connectivity index (χ2v) is 8.06. The quantitative estimate of drug-likeness (QED) is 0.673. The molecule has 1 aromatic heterocycles. The summed E-state index contributed by atoms with van der Waals surface area (Å²) in [4.78, 5) is 11.9. The van der Waals surface area contributed by atoms with Crippen molar-refractivity contribution in [3.8, 4) is 0 Å². The number of nitrogens with two attached hydrogens (primary N) is 1. The molecule has 142 valence electrons. The molecule has 0 spiro atoms. The van der Waals surface area contributed by atoms with Crippen LogP contribution >= 0.6 is 0 Å². The lowest BCUT2D eigenvalue weighted by Crippen LogP contribution is -2.30. The van der Waals surface area contributed by atoms with Crippen LogP contribution in [0.2, 0.25) is 0 Å². The molecule has 0 radical (unpaired) electrons. The number of hydrogen-bond donors (Lipinski definition) is 1. The average molecular weight is 386 g/mol. The lowest BCUT2D eigenvalue weighted by atomic mass is 10.2. The molecule has 0 fully saturated rings. The Morgan fingerprint density at radius 3 is 2.30 bits per heavy atom. The molecule has 2 N–H and O–H groups in total. The number of benzene rings is 2. The number of aromatic nitrogens is 2. The number of nitrogens with zero attached hydrogens (tertiary/aromatic N) is 3.